The van der Waals surface area contributed by atoms with Crippen LogP contribution in [-0.2, 0) is 9.59 Å². The van der Waals surface area contributed by atoms with Crippen molar-refractivity contribution in [3.8, 4) is 5.75 Å². The topological polar surface area (TPSA) is 87.7 Å². The van der Waals surface area contributed by atoms with E-state index in [4.69, 9.17) is 16.3 Å². The molecule has 4 amide bonds. The number of ether oxygens (including phenoxy) is 1. The van der Waals surface area contributed by atoms with Gasteiger partial charge in [-0.2, -0.15) is 0 Å². The SMILES string of the molecule is COc1cc(C2CC2)ccc1C1NC(=O)N([C@H](C(=O)Nc2ccc(I)cc2Cl)[C@@H](C)c2ccccc2)C1=O. The molecule has 1 aliphatic carbocycles. The van der Waals surface area contributed by atoms with Crippen LogP contribution in [0.5, 0.6) is 5.75 Å². The maximum Gasteiger partial charge on any atom is 0.325 e. The average molecular weight is 644 g/mol. The fraction of sp³-hybridized carbons (Fsp3) is 0.276. The number of methoxy groups -OCH3 is 1. The van der Waals surface area contributed by atoms with E-state index in [-0.39, 0.29) is 0 Å². The molecule has 1 saturated heterocycles. The van der Waals surface area contributed by atoms with Gasteiger partial charge in [0.05, 0.1) is 17.8 Å². The van der Waals surface area contributed by atoms with Crippen LogP contribution in [-0.4, -0.2) is 35.9 Å². The number of urea groups is 1. The normalized spacial score (nSPS) is 18.6. The van der Waals surface area contributed by atoms with Crippen LogP contribution in [0.25, 0.3) is 0 Å². The number of halogens is 2. The number of carbonyl (C=O) groups is 3. The van der Waals surface area contributed by atoms with E-state index in [1.165, 1.54) is 0 Å². The number of carbonyl (C=O) groups excluding carboxylic acids is 3. The molecule has 3 aromatic rings. The molecule has 1 saturated carbocycles. The van der Waals surface area contributed by atoms with E-state index in [1.807, 2.05) is 61.5 Å². The van der Waals surface area contributed by atoms with Crippen LogP contribution < -0.4 is 15.4 Å². The summed E-state index contributed by atoms with van der Waals surface area (Å²) in [5.74, 6) is -0.464. The zero-order chi connectivity index (χ0) is 27.0. The van der Waals surface area contributed by atoms with Gasteiger partial charge in [0.1, 0.15) is 17.8 Å². The van der Waals surface area contributed by atoms with E-state index in [0.717, 1.165) is 32.4 Å². The predicted molar refractivity (Wildman–Crippen MR) is 155 cm³/mol. The summed E-state index contributed by atoms with van der Waals surface area (Å²) in [7, 11) is 1.55. The number of imide groups is 1. The smallest absolute Gasteiger partial charge is 0.325 e. The number of hydrogen-bond donors (Lipinski definition) is 2. The monoisotopic (exact) mass is 643 g/mol. The molecule has 1 aliphatic heterocycles. The lowest BCUT2D eigenvalue weighted by molar-refractivity contribution is -0.134. The molecule has 0 radical (unpaired) electrons. The highest BCUT2D eigenvalue weighted by Gasteiger charge is 2.48. The maximum atomic E-state index is 13.8. The van der Waals surface area contributed by atoms with Crippen LogP contribution in [0.2, 0.25) is 5.02 Å². The number of nitrogens with one attached hydrogen (secondary N) is 2. The van der Waals surface area contributed by atoms with E-state index < -0.39 is 35.8 Å². The first-order valence-corrected chi connectivity index (χ1v) is 13.9. The second kappa shape index (κ2) is 10.9. The third-order valence-electron chi connectivity index (χ3n) is 7.12. The van der Waals surface area contributed by atoms with Crippen molar-refractivity contribution in [3.63, 3.8) is 0 Å². The summed E-state index contributed by atoms with van der Waals surface area (Å²) in [4.78, 5) is 42.0. The van der Waals surface area contributed by atoms with Crippen LogP contribution in [0.3, 0.4) is 0 Å². The third kappa shape index (κ3) is 5.24. The molecule has 9 heteroatoms. The summed E-state index contributed by atoms with van der Waals surface area (Å²) in [5.41, 5.74) is 2.94. The minimum absolute atomic E-state index is 0.368. The Bertz CT molecular complexity index is 1400. The summed E-state index contributed by atoms with van der Waals surface area (Å²) in [6.45, 7) is 1.83. The zero-order valence-corrected chi connectivity index (χ0v) is 23.8. The van der Waals surface area contributed by atoms with Gasteiger partial charge in [0.25, 0.3) is 5.91 Å². The molecule has 0 spiro atoms. The van der Waals surface area contributed by atoms with Crippen molar-refractivity contribution < 1.29 is 19.1 Å². The van der Waals surface area contributed by atoms with Crippen molar-refractivity contribution in [2.24, 2.45) is 0 Å². The third-order valence-corrected chi connectivity index (χ3v) is 8.11. The highest BCUT2D eigenvalue weighted by Crippen LogP contribution is 2.43. The van der Waals surface area contributed by atoms with Crippen molar-refractivity contribution in [1.29, 1.82) is 0 Å². The molecule has 2 fully saturated rings. The molecule has 1 heterocycles. The number of nitrogens with zero attached hydrogens (tertiary/aromatic N) is 1. The molecule has 38 heavy (non-hydrogen) atoms. The lowest BCUT2D eigenvalue weighted by Gasteiger charge is -2.30. The summed E-state index contributed by atoms with van der Waals surface area (Å²) < 4.78 is 6.52. The zero-order valence-electron chi connectivity index (χ0n) is 20.9. The number of rotatable bonds is 8. The molecule has 0 aromatic heterocycles. The van der Waals surface area contributed by atoms with E-state index in [9.17, 15) is 14.4 Å². The van der Waals surface area contributed by atoms with Crippen molar-refractivity contribution in [2.45, 2.75) is 43.7 Å². The fourth-order valence-electron chi connectivity index (χ4n) is 4.91. The minimum Gasteiger partial charge on any atom is -0.496 e. The lowest BCUT2D eigenvalue weighted by atomic mass is 9.91. The van der Waals surface area contributed by atoms with Gasteiger partial charge in [-0.1, -0.05) is 61.0 Å². The highest BCUT2D eigenvalue weighted by atomic mass is 127. The van der Waals surface area contributed by atoms with Gasteiger partial charge in [-0.05, 0) is 76.7 Å². The van der Waals surface area contributed by atoms with Gasteiger partial charge in [0, 0.05) is 15.1 Å². The summed E-state index contributed by atoms with van der Waals surface area (Å²) in [6.07, 6.45) is 2.27. The molecule has 0 bridgehead atoms. The first kappa shape index (κ1) is 26.5. The van der Waals surface area contributed by atoms with Crippen LogP contribution in [0.15, 0.2) is 66.7 Å². The maximum absolute atomic E-state index is 13.8. The van der Waals surface area contributed by atoms with E-state index in [2.05, 4.69) is 33.2 Å². The summed E-state index contributed by atoms with van der Waals surface area (Å²) >= 11 is 8.51. The fourth-order valence-corrected chi connectivity index (χ4v) is 5.81. The highest BCUT2D eigenvalue weighted by molar-refractivity contribution is 14.1. The van der Waals surface area contributed by atoms with Gasteiger partial charge in [0.15, 0.2) is 0 Å². The van der Waals surface area contributed by atoms with Gasteiger partial charge in [-0.15, -0.1) is 0 Å². The number of benzene rings is 3. The standard InChI is InChI=1S/C29H27ClIN3O4/c1-16(17-6-4-3-5-7-17)26(27(35)32-23-13-11-20(31)15-22(23)30)34-28(36)25(33-29(34)37)21-12-10-19(18-8-9-18)14-24(21)38-2/h3-7,10-16,18,25-26H,8-9H2,1-2H3,(H,32,35)(H,33,37)/t16-,25?,26-/m0/s1. The summed E-state index contributed by atoms with van der Waals surface area (Å²) in [5, 5.41) is 5.99. The largest absolute Gasteiger partial charge is 0.496 e. The van der Waals surface area contributed by atoms with Crippen molar-refractivity contribution in [1.82, 2.24) is 10.2 Å². The van der Waals surface area contributed by atoms with Gasteiger partial charge in [-0.3, -0.25) is 9.59 Å². The number of hydrogen-bond acceptors (Lipinski definition) is 4. The molecule has 5 rings (SSSR count). The molecular weight excluding hydrogens is 617 g/mol. The van der Waals surface area contributed by atoms with Crippen LogP contribution in [0.1, 0.15) is 54.3 Å². The van der Waals surface area contributed by atoms with Gasteiger partial charge < -0.3 is 15.4 Å². The second-order valence-electron chi connectivity index (χ2n) is 9.62. The molecule has 3 aromatic carbocycles. The van der Waals surface area contributed by atoms with Crippen molar-refractivity contribution >= 4 is 57.7 Å². The van der Waals surface area contributed by atoms with Crippen LogP contribution in [0.4, 0.5) is 10.5 Å². The average Bonchev–Trinajstić information content (AvgIpc) is 3.73. The van der Waals surface area contributed by atoms with Crippen molar-refractivity contribution in [2.75, 3.05) is 12.4 Å². The van der Waals surface area contributed by atoms with Crippen LogP contribution in [0, 0.1) is 3.57 Å². The lowest BCUT2D eigenvalue weighted by Crippen LogP contribution is -2.50. The van der Waals surface area contributed by atoms with Gasteiger partial charge in [-0.25, -0.2) is 9.69 Å². The number of amides is 4. The first-order valence-electron chi connectivity index (χ1n) is 12.4. The van der Waals surface area contributed by atoms with Gasteiger partial charge in [0.2, 0.25) is 5.91 Å². The predicted octanol–water partition coefficient (Wildman–Crippen LogP) is 6.23. The Hall–Kier alpha value is -3.11. The minimum atomic E-state index is -1.12. The molecule has 2 N–H and O–H groups in total. The van der Waals surface area contributed by atoms with E-state index in [1.54, 1.807) is 19.2 Å². The molecule has 1 unspecified atom stereocenters. The van der Waals surface area contributed by atoms with Crippen LogP contribution >= 0.6 is 34.2 Å². The molecule has 2 aliphatic rings. The quantitative estimate of drug-likeness (QED) is 0.225. The van der Waals surface area contributed by atoms with E-state index in [0.29, 0.717) is 27.9 Å². The Balaban J connectivity index is 1.49. The molecule has 3 atom stereocenters. The Labute approximate surface area is 240 Å². The van der Waals surface area contributed by atoms with Gasteiger partial charge >= 0.3 is 6.03 Å². The Kier molecular flexibility index (Phi) is 7.63. The second-order valence-corrected chi connectivity index (χ2v) is 11.3. The van der Waals surface area contributed by atoms with E-state index >= 15 is 0 Å². The molecule has 196 valence electrons. The Morgan fingerprint density at radius 3 is 2.50 bits per heavy atom. The van der Waals surface area contributed by atoms with Crippen molar-refractivity contribution in [3.05, 3.63) is 92.0 Å². The Morgan fingerprint density at radius 2 is 1.84 bits per heavy atom. The number of anilines is 1. The molecule has 7 nitrogen and oxygen atoms in total. The molecular formula is C29H27ClIN3O4. The first-order chi connectivity index (χ1) is 18.3. The summed E-state index contributed by atoms with van der Waals surface area (Å²) in [6, 6.07) is 17.6. The Morgan fingerprint density at radius 1 is 1.11 bits per heavy atom.